The number of carbonyl (C=O) groups excluding carboxylic acids is 2. The zero-order valence-corrected chi connectivity index (χ0v) is 13.5. The zero-order valence-electron chi connectivity index (χ0n) is 13.5. The molecule has 0 aliphatic heterocycles. The molecule has 128 valence electrons. The van der Waals surface area contributed by atoms with Gasteiger partial charge in [-0.05, 0) is 30.3 Å². The first kappa shape index (κ1) is 17.0. The van der Waals surface area contributed by atoms with Crippen molar-refractivity contribution in [2.75, 3.05) is 0 Å². The van der Waals surface area contributed by atoms with Crippen LogP contribution in [0.15, 0.2) is 78.9 Å². The molecule has 0 heterocycles. The molecule has 6 nitrogen and oxygen atoms in total. The van der Waals surface area contributed by atoms with E-state index in [4.69, 9.17) is 4.74 Å². The Hall–Kier alpha value is -3.80. The summed E-state index contributed by atoms with van der Waals surface area (Å²) < 4.78 is 5.18. The van der Waals surface area contributed by atoms with Crippen LogP contribution in [0.5, 0.6) is 5.75 Å². The summed E-state index contributed by atoms with van der Waals surface area (Å²) in [6, 6.07) is 20.4. The molecule has 0 spiro atoms. The molecule has 0 bridgehead atoms. The summed E-state index contributed by atoms with van der Waals surface area (Å²) in [4.78, 5) is 34.9. The number of rotatable bonds is 5. The van der Waals surface area contributed by atoms with E-state index in [0.717, 1.165) is 0 Å². The molecule has 3 aromatic carbocycles. The number of ketones is 1. The monoisotopic (exact) mass is 347 g/mol. The maximum atomic E-state index is 12.3. The lowest BCUT2D eigenvalue weighted by atomic mass is 10.0. The minimum Gasteiger partial charge on any atom is -0.423 e. The smallest absolute Gasteiger partial charge is 0.350 e. The van der Waals surface area contributed by atoms with Crippen molar-refractivity contribution < 1.29 is 19.2 Å². The molecule has 0 fully saturated rings. The lowest BCUT2D eigenvalue weighted by molar-refractivity contribution is -0.385. The van der Waals surface area contributed by atoms with E-state index < -0.39 is 10.9 Å². The Kier molecular flexibility index (Phi) is 4.85. The fourth-order valence-corrected chi connectivity index (χ4v) is 2.40. The Morgan fingerprint density at radius 3 is 2.00 bits per heavy atom. The topological polar surface area (TPSA) is 86.5 Å². The second kappa shape index (κ2) is 7.40. The van der Waals surface area contributed by atoms with Crippen LogP contribution in [0, 0.1) is 10.1 Å². The maximum absolute atomic E-state index is 12.3. The van der Waals surface area contributed by atoms with Crippen LogP contribution >= 0.6 is 0 Å². The van der Waals surface area contributed by atoms with Crippen molar-refractivity contribution in [2.45, 2.75) is 0 Å². The number of nitro benzene ring substituents is 1. The van der Waals surface area contributed by atoms with Gasteiger partial charge < -0.3 is 4.74 Å². The highest BCUT2D eigenvalue weighted by molar-refractivity contribution is 6.09. The van der Waals surface area contributed by atoms with E-state index in [1.807, 2.05) is 6.07 Å². The van der Waals surface area contributed by atoms with Crippen LogP contribution in [0.3, 0.4) is 0 Å². The molecule has 0 radical (unpaired) electrons. The predicted octanol–water partition coefficient (Wildman–Crippen LogP) is 4.05. The zero-order chi connectivity index (χ0) is 18.5. The fourth-order valence-electron chi connectivity index (χ4n) is 2.40. The molecule has 0 atom stereocenters. The molecule has 0 aliphatic carbocycles. The average Bonchev–Trinajstić information content (AvgIpc) is 2.68. The van der Waals surface area contributed by atoms with Gasteiger partial charge in [-0.2, -0.15) is 0 Å². The number of benzene rings is 3. The minimum absolute atomic E-state index is 0.137. The SMILES string of the molecule is O=C(c1ccccc1)c1ccc(OC(=O)c2ccccc2[N+](=O)[O-])cc1. The summed E-state index contributed by atoms with van der Waals surface area (Å²) in [7, 11) is 0. The number of hydrogen-bond acceptors (Lipinski definition) is 5. The minimum atomic E-state index is -0.834. The van der Waals surface area contributed by atoms with E-state index in [1.54, 1.807) is 24.3 Å². The molecule has 3 rings (SSSR count). The first-order chi connectivity index (χ1) is 12.6. The van der Waals surface area contributed by atoms with Gasteiger partial charge in [-0.25, -0.2) is 4.79 Å². The van der Waals surface area contributed by atoms with E-state index in [2.05, 4.69) is 0 Å². The van der Waals surface area contributed by atoms with Crippen molar-refractivity contribution in [1.29, 1.82) is 0 Å². The Morgan fingerprint density at radius 2 is 1.35 bits per heavy atom. The maximum Gasteiger partial charge on any atom is 0.350 e. The van der Waals surface area contributed by atoms with Gasteiger partial charge in [0.2, 0.25) is 0 Å². The van der Waals surface area contributed by atoms with E-state index in [1.165, 1.54) is 48.5 Å². The van der Waals surface area contributed by atoms with Gasteiger partial charge in [0, 0.05) is 17.2 Å². The molecular formula is C20H13NO5. The molecule has 0 saturated carbocycles. The number of ether oxygens (including phenoxy) is 1. The molecule has 0 saturated heterocycles. The Morgan fingerprint density at radius 1 is 0.769 bits per heavy atom. The third-order valence-electron chi connectivity index (χ3n) is 3.68. The molecule has 0 aromatic heterocycles. The van der Waals surface area contributed by atoms with Gasteiger partial charge in [-0.3, -0.25) is 14.9 Å². The normalized spacial score (nSPS) is 10.2. The summed E-state index contributed by atoms with van der Waals surface area (Å²) >= 11 is 0. The molecule has 0 unspecified atom stereocenters. The molecule has 3 aromatic rings. The predicted molar refractivity (Wildman–Crippen MR) is 94.4 cm³/mol. The summed E-state index contributed by atoms with van der Waals surface area (Å²) in [5, 5.41) is 11.0. The van der Waals surface area contributed by atoms with Crippen LogP contribution in [-0.2, 0) is 0 Å². The number of carbonyl (C=O) groups is 2. The lowest BCUT2D eigenvalue weighted by Gasteiger charge is -2.06. The first-order valence-electron chi connectivity index (χ1n) is 7.71. The summed E-state index contributed by atoms with van der Waals surface area (Å²) in [6.45, 7) is 0. The summed E-state index contributed by atoms with van der Waals surface area (Å²) in [6.07, 6.45) is 0. The largest absolute Gasteiger partial charge is 0.423 e. The highest BCUT2D eigenvalue weighted by Gasteiger charge is 2.21. The number of hydrogen-bond donors (Lipinski definition) is 0. The Balaban J connectivity index is 1.77. The van der Waals surface area contributed by atoms with Crippen LogP contribution in [0.1, 0.15) is 26.3 Å². The van der Waals surface area contributed by atoms with Crippen LogP contribution in [0.2, 0.25) is 0 Å². The average molecular weight is 347 g/mol. The van der Waals surface area contributed by atoms with E-state index >= 15 is 0 Å². The van der Waals surface area contributed by atoms with E-state index in [9.17, 15) is 19.7 Å². The number of nitrogens with zero attached hydrogens (tertiary/aromatic N) is 1. The van der Waals surface area contributed by atoms with Gasteiger partial charge in [-0.1, -0.05) is 42.5 Å². The molecule has 6 heteroatoms. The third kappa shape index (κ3) is 3.64. The fraction of sp³-hybridized carbons (Fsp3) is 0. The van der Waals surface area contributed by atoms with Crippen molar-refractivity contribution in [3.8, 4) is 5.75 Å². The van der Waals surface area contributed by atoms with Crippen molar-refractivity contribution >= 4 is 17.4 Å². The van der Waals surface area contributed by atoms with Crippen molar-refractivity contribution in [2.24, 2.45) is 0 Å². The van der Waals surface area contributed by atoms with Gasteiger partial charge in [0.05, 0.1) is 4.92 Å². The molecule has 0 aliphatic rings. The highest BCUT2D eigenvalue weighted by atomic mass is 16.6. The second-order valence-electron chi connectivity index (χ2n) is 5.38. The number of esters is 1. The van der Waals surface area contributed by atoms with Crippen molar-refractivity contribution in [3.63, 3.8) is 0 Å². The standard InChI is InChI=1S/C20H13NO5/c22-19(14-6-2-1-3-7-14)15-10-12-16(13-11-15)26-20(23)17-8-4-5-9-18(17)21(24)25/h1-13H. The van der Waals surface area contributed by atoms with Crippen molar-refractivity contribution in [3.05, 3.63) is 106 Å². The van der Waals surface area contributed by atoms with Crippen molar-refractivity contribution in [1.82, 2.24) is 0 Å². The number of para-hydroxylation sites is 1. The Labute approximate surface area is 148 Å². The second-order valence-corrected chi connectivity index (χ2v) is 5.38. The van der Waals surface area contributed by atoms with Gasteiger partial charge in [-0.15, -0.1) is 0 Å². The van der Waals surface area contributed by atoms with E-state index in [-0.39, 0.29) is 22.8 Å². The summed E-state index contributed by atoms with van der Waals surface area (Å²) in [5.41, 5.74) is 0.536. The summed E-state index contributed by atoms with van der Waals surface area (Å²) in [5.74, 6) is -0.792. The van der Waals surface area contributed by atoms with Gasteiger partial charge in [0.25, 0.3) is 5.69 Å². The first-order valence-corrected chi connectivity index (χ1v) is 7.71. The quantitative estimate of drug-likeness (QED) is 0.228. The van der Waals surface area contributed by atoms with Crippen LogP contribution in [-0.4, -0.2) is 16.7 Å². The van der Waals surface area contributed by atoms with Crippen LogP contribution in [0.25, 0.3) is 0 Å². The molecule has 0 N–H and O–H groups in total. The third-order valence-corrected chi connectivity index (χ3v) is 3.68. The highest BCUT2D eigenvalue weighted by Crippen LogP contribution is 2.21. The van der Waals surface area contributed by atoms with E-state index in [0.29, 0.717) is 11.1 Å². The van der Waals surface area contributed by atoms with Gasteiger partial charge in [0.15, 0.2) is 5.78 Å². The molecule has 26 heavy (non-hydrogen) atoms. The lowest BCUT2D eigenvalue weighted by Crippen LogP contribution is -2.11. The Bertz CT molecular complexity index is 965. The molecule has 0 amide bonds. The van der Waals surface area contributed by atoms with Gasteiger partial charge in [0.1, 0.15) is 11.3 Å². The molecular weight excluding hydrogens is 334 g/mol. The number of nitro groups is 1. The van der Waals surface area contributed by atoms with Crippen LogP contribution in [0.4, 0.5) is 5.69 Å². The van der Waals surface area contributed by atoms with Gasteiger partial charge >= 0.3 is 5.97 Å². The van der Waals surface area contributed by atoms with Crippen LogP contribution < -0.4 is 4.74 Å².